The molecule has 2 nitrogen and oxygen atoms in total. The Morgan fingerprint density at radius 1 is 1.22 bits per heavy atom. The van der Waals surface area contributed by atoms with Gasteiger partial charge in [-0.15, -0.1) is 0 Å². The molecule has 0 atom stereocenters. The minimum absolute atomic E-state index is 0.00467. The molecule has 6 heteroatoms. The van der Waals surface area contributed by atoms with Gasteiger partial charge in [-0.25, -0.2) is 0 Å². The quantitative estimate of drug-likeness (QED) is 0.453. The average molecular weight is 393 g/mol. The summed E-state index contributed by atoms with van der Waals surface area (Å²) in [7, 11) is 0. The molecule has 1 saturated carbocycles. The number of hydrogen-bond acceptors (Lipinski definition) is 2. The topological polar surface area (TPSA) is 26.3 Å². The van der Waals surface area contributed by atoms with E-state index in [1.54, 1.807) is 6.07 Å². The van der Waals surface area contributed by atoms with Crippen LogP contribution in [0.3, 0.4) is 0 Å². The Kier molecular flexibility index (Phi) is 6.50. The minimum Gasteiger partial charge on any atom is -0.490 e. The summed E-state index contributed by atoms with van der Waals surface area (Å²) in [6.07, 6.45) is 2.21. The Balaban J connectivity index is 1.94. The van der Waals surface area contributed by atoms with Gasteiger partial charge in [-0.3, -0.25) is 0 Å². The molecule has 0 amide bonds. The van der Waals surface area contributed by atoms with Gasteiger partial charge in [0.05, 0.1) is 6.10 Å². The van der Waals surface area contributed by atoms with E-state index in [-0.39, 0.29) is 16.3 Å². The van der Waals surface area contributed by atoms with Gasteiger partial charge in [-0.05, 0) is 50.2 Å². The van der Waals surface area contributed by atoms with Crippen LogP contribution in [-0.2, 0) is 11.0 Å². The number of ether oxygens (including phenoxy) is 1. The number of halogens is 4. The van der Waals surface area contributed by atoms with Gasteiger partial charge in [0.2, 0.25) is 0 Å². The SMILES string of the molecule is O=CCCC[C@H]1CC[C@H](Oc2cccc(Br)c2C(F)(F)F)CC1. The fourth-order valence-electron chi connectivity index (χ4n) is 3.09. The van der Waals surface area contributed by atoms with Gasteiger partial charge in [0.1, 0.15) is 17.6 Å². The monoisotopic (exact) mass is 392 g/mol. The number of carbonyl (C=O) groups is 1. The van der Waals surface area contributed by atoms with Crippen LogP contribution in [0.5, 0.6) is 5.75 Å². The lowest BCUT2D eigenvalue weighted by Crippen LogP contribution is -2.25. The van der Waals surface area contributed by atoms with Crippen molar-refractivity contribution in [1.82, 2.24) is 0 Å². The van der Waals surface area contributed by atoms with Crippen LogP contribution < -0.4 is 4.74 Å². The highest BCUT2D eigenvalue weighted by Gasteiger charge is 2.37. The first-order chi connectivity index (χ1) is 10.9. The van der Waals surface area contributed by atoms with Crippen molar-refractivity contribution in [3.8, 4) is 5.75 Å². The molecule has 128 valence electrons. The zero-order chi connectivity index (χ0) is 16.9. The lowest BCUT2D eigenvalue weighted by atomic mass is 9.84. The van der Waals surface area contributed by atoms with Crippen molar-refractivity contribution < 1.29 is 22.7 Å². The third kappa shape index (κ3) is 5.23. The molecule has 0 radical (unpaired) electrons. The lowest BCUT2D eigenvalue weighted by Gasteiger charge is -2.30. The van der Waals surface area contributed by atoms with E-state index in [1.165, 1.54) is 12.1 Å². The van der Waals surface area contributed by atoms with Crippen molar-refractivity contribution in [3.63, 3.8) is 0 Å². The molecule has 1 aromatic carbocycles. The minimum atomic E-state index is -4.44. The molecule has 0 aromatic heterocycles. The van der Waals surface area contributed by atoms with Crippen LogP contribution in [0.1, 0.15) is 50.5 Å². The largest absolute Gasteiger partial charge is 0.490 e. The molecule has 1 aromatic rings. The number of aldehydes is 1. The molecule has 0 N–H and O–H groups in total. The Bertz CT molecular complexity index is 523. The normalized spacial score (nSPS) is 21.9. The van der Waals surface area contributed by atoms with Crippen LogP contribution in [0.25, 0.3) is 0 Å². The summed E-state index contributed by atoms with van der Waals surface area (Å²) < 4.78 is 45.1. The van der Waals surface area contributed by atoms with E-state index in [4.69, 9.17) is 4.74 Å². The van der Waals surface area contributed by atoms with Crippen molar-refractivity contribution >= 4 is 22.2 Å². The fourth-order valence-corrected chi connectivity index (χ4v) is 3.66. The zero-order valence-corrected chi connectivity index (χ0v) is 14.3. The molecule has 0 bridgehead atoms. The highest BCUT2D eigenvalue weighted by molar-refractivity contribution is 9.10. The first-order valence-electron chi connectivity index (χ1n) is 7.87. The highest BCUT2D eigenvalue weighted by atomic mass is 79.9. The molecular formula is C17H20BrF3O2. The van der Waals surface area contributed by atoms with E-state index < -0.39 is 11.7 Å². The Labute approximate surface area is 142 Å². The van der Waals surface area contributed by atoms with Gasteiger partial charge < -0.3 is 9.53 Å². The molecule has 1 fully saturated rings. The Morgan fingerprint density at radius 3 is 2.52 bits per heavy atom. The predicted molar refractivity (Wildman–Crippen MR) is 85.4 cm³/mol. The van der Waals surface area contributed by atoms with Crippen LogP contribution in [-0.4, -0.2) is 12.4 Å². The van der Waals surface area contributed by atoms with Gasteiger partial charge >= 0.3 is 6.18 Å². The van der Waals surface area contributed by atoms with Crippen molar-refractivity contribution in [2.45, 2.75) is 57.2 Å². The van der Waals surface area contributed by atoms with Gasteiger partial charge in [0, 0.05) is 10.9 Å². The number of carbonyl (C=O) groups excluding carboxylic acids is 1. The van der Waals surface area contributed by atoms with Gasteiger partial charge in [-0.1, -0.05) is 28.4 Å². The summed E-state index contributed by atoms with van der Waals surface area (Å²) in [4.78, 5) is 10.3. The molecule has 0 saturated heterocycles. The van der Waals surface area contributed by atoms with Gasteiger partial charge in [-0.2, -0.15) is 13.2 Å². The maximum atomic E-state index is 13.2. The average Bonchev–Trinajstić information content (AvgIpc) is 2.48. The lowest BCUT2D eigenvalue weighted by molar-refractivity contribution is -0.140. The third-order valence-corrected chi connectivity index (χ3v) is 4.94. The summed E-state index contributed by atoms with van der Waals surface area (Å²) in [5.74, 6) is 0.454. The number of benzene rings is 1. The van der Waals surface area contributed by atoms with E-state index in [0.29, 0.717) is 12.3 Å². The maximum absolute atomic E-state index is 13.2. The molecule has 1 aliphatic carbocycles. The van der Waals surface area contributed by atoms with Gasteiger partial charge in [0.25, 0.3) is 0 Å². The molecule has 0 aliphatic heterocycles. The number of rotatable bonds is 6. The third-order valence-electron chi connectivity index (χ3n) is 4.28. The second-order valence-corrected chi connectivity index (χ2v) is 6.82. The summed E-state index contributed by atoms with van der Waals surface area (Å²) in [5.41, 5.74) is -0.742. The number of unbranched alkanes of at least 4 members (excludes halogenated alkanes) is 1. The molecule has 0 heterocycles. The molecule has 0 unspecified atom stereocenters. The van der Waals surface area contributed by atoms with E-state index in [9.17, 15) is 18.0 Å². The highest BCUT2D eigenvalue weighted by Crippen LogP contribution is 2.42. The van der Waals surface area contributed by atoms with Crippen LogP contribution in [0.15, 0.2) is 22.7 Å². The molecule has 0 spiro atoms. The van der Waals surface area contributed by atoms with Crippen LogP contribution in [0.2, 0.25) is 0 Å². The summed E-state index contributed by atoms with van der Waals surface area (Å²) in [5, 5.41) is 0. The molecule has 2 rings (SSSR count). The second-order valence-electron chi connectivity index (χ2n) is 5.97. The second kappa shape index (κ2) is 8.18. The first-order valence-corrected chi connectivity index (χ1v) is 8.67. The van der Waals surface area contributed by atoms with Crippen LogP contribution in [0, 0.1) is 5.92 Å². The summed E-state index contributed by atoms with van der Waals surface area (Å²) in [6, 6.07) is 4.31. The number of alkyl halides is 3. The van der Waals surface area contributed by atoms with Crippen LogP contribution in [0.4, 0.5) is 13.2 Å². The fraction of sp³-hybridized carbons (Fsp3) is 0.588. The molecular weight excluding hydrogens is 373 g/mol. The standard InChI is InChI=1S/C17H20BrF3O2/c18-14-5-3-6-15(16(14)17(19,20)21)23-13-9-7-12(8-10-13)4-1-2-11-22/h3,5-6,11-13H,1-2,4,7-10H2/t12-,13-. The van der Waals surface area contributed by atoms with Gasteiger partial charge in [0.15, 0.2) is 0 Å². The molecule has 23 heavy (non-hydrogen) atoms. The predicted octanol–water partition coefficient (Wildman–Crippen LogP) is 5.77. The molecule has 1 aliphatic rings. The van der Waals surface area contributed by atoms with Crippen molar-refractivity contribution in [1.29, 1.82) is 0 Å². The smallest absolute Gasteiger partial charge is 0.421 e. The first kappa shape index (κ1) is 18.3. The van der Waals surface area contributed by atoms with Crippen molar-refractivity contribution in [2.75, 3.05) is 0 Å². The Hall–Kier alpha value is -1.04. The zero-order valence-electron chi connectivity index (χ0n) is 12.7. The Morgan fingerprint density at radius 2 is 1.91 bits per heavy atom. The summed E-state index contributed by atoms with van der Waals surface area (Å²) in [6.45, 7) is 0. The number of hydrogen-bond donors (Lipinski definition) is 0. The van der Waals surface area contributed by atoms with Crippen LogP contribution >= 0.6 is 15.9 Å². The van der Waals surface area contributed by atoms with E-state index in [2.05, 4.69) is 15.9 Å². The van der Waals surface area contributed by atoms with Crippen molar-refractivity contribution in [3.05, 3.63) is 28.2 Å². The summed E-state index contributed by atoms with van der Waals surface area (Å²) >= 11 is 2.96. The van der Waals surface area contributed by atoms with Crippen molar-refractivity contribution in [2.24, 2.45) is 5.92 Å². The maximum Gasteiger partial charge on any atom is 0.421 e. The van der Waals surface area contributed by atoms with E-state index >= 15 is 0 Å². The van der Waals surface area contributed by atoms with E-state index in [0.717, 1.165) is 44.8 Å². The van der Waals surface area contributed by atoms with E-state index in [1.807, 2.05) is 0 Å².